The molecule has 0 aliphatic carbocycles. The van der Waals surface area contributed by atoms with Crippen molar-refractivity contribution in [2.75, 3.05) is 12.4 Å². The number of hydrogen-bond donors (Lipinski definition) is 0. The molecule has 0 aromatic heterocycles. The zero-order valence-corrected chi connectivity index (χ0v) is 11.0. The van der Waals surface area contributed by atoms with Crippen LogP contribution in [0.3, 0.4) is 0 Å². The van der Waals surface area contributed by atoms with Crippen LogP contribution in [0.4, 0.5) is 5.69 Å². The number of carbonyl (C=O) groups is 1. The maximum atomic E-state index is 11.5. The molecule has 0 heterocycles. The number of alkyl halides is 1. The van der Waals surface area contributed by atoms with E-state index in [1.165, 1.54) is 12.1 Å². The van der Waals surface area contributed by atoms with Crippen LogP contribution in [0.2, 0.25) is 0 Å². The summed E-state index contributed by atoms with van der Waals surface area (Å²) in [5, 5.41) is 11.1. The Labute approximate surface area is 108 Å². The minimum atomic E-state index is -0.441. The lowest BCUT2D eigenvalue weighted by molar-refractivity contribution is -0.384. The van der Waals surface area contributed by atoms with Crippen molar-refractivity contribution in [1.29, 1.82) is 0 Å². The molecule has 0 aliphatic heterocycles. The Morgan fingerprint density at radius 2 is 2.00 bits per heavy atom. The summed E-state index contributed by atoms with van der Waals surface area (Å²) in [7, 11) is 1.71. The average Bonchev–Trinajstić information content (AvgIpc) is 2.30. The molecule has 0 unspecified atom stereocenters. The number of nitro benzene ring substituents is 1. The second-order valence-electron chi connectivity index (χ2n) is 3.61. The number of hydrogen-bond acceptors (Lipinski definition) is 3. The van der Waals surface area contributed by atoms with Crippen molar-refractivity contribution in [2.45, 2.75) is 13.0 Å². The number of non-ortho nitro benzene ring substituents is 1. The number of nitro groups is 1. The van der Waals surface area contributed by atoms with Crippen LogP contribution in [0.1, 0.15) is 12.0 Å². The van der Waals surface area contributed by atoms with Crippen LogP contribution >= 0.6 is 15.9 Å². The van der Waals surface area contributed by atoms with Crippen LogP contribution < -0.4 is 0 Å². The van der Waals surface area contributed by atoms with Gasteiger partial charge in [0.25, 0.3) is 5.69 Å². The van der Waals surface area contributed by atoms with E-state index < -0.39 is 4.92 Å². The van der Waals surface area contributed by atoms with Gasteiger partial charge in [0, 0.05) is 37.5 Å². The van der Waals surface area contributed by atoms with Gasteiger partial charge in [0.05, 0.1) is 4.92 Å². The molecule has 0 aliphatic rings. The second kappa shape index (κ2) is 6.34. The molecular formula is C11H13BrN2O3. The molecule has 0 N–H and O–H groups in total. The fourth-order valence-electron chi connectivity index (χ4n) is 1.36. The highest BCUT2D eigenvalue weighted by Crippen LogP contribution is 2.13. The summed E-state index contributed by atoms with van der Waals surface area (Å²) >= 11 is 3.21. The molecule has 0 bridgehead atoms. The van der Waals surface area contributed by atoms with E-state index in [1.807, 2.05) is 0 Å². The van der Waals surface area contributed by atoms with Gasteiger partial charge < -0.3 is 4.90 Å². The Morgan fingerprint density at radius 1 is 1.41 bits per heavy atom. The third kappa shape index (κ3) is 4.14. The minimum Gasteiger partial charge on any atom is -0.341 e. The second-order valence-corrected chi connectivity index (χ2v) is 4.41. The number of carbonyl (C=O) groups excluding carboxylic acids is 1. The van der Waals surface area contributed by atoms with E-state index in [0.29, 0.717) is 18.3 Å². The topological polar surface area (TPSA) is 63.4 Å². The average molecular weight is 301 g/mol. The van der Waals surface area contributed by atoms with Crippen molar-refractivity contribution in [3.63, 3.8) is 0 Å². The predicted molar refractivity (Wildman–Crippen MR) is 68.0 cm³/mol. The van der Waals surface area contributed by atoms with E-state index in [9.17, 15) is 14.9 Å². The molecule has 0 atom stereocenters. The van der Waals surface area contributed by atoms with E-state index in [4.69, 9.17) is 0 Å². The van der Waals surface area contributed by atoms with Crippen molar-refractivity contribution in [1.82, 2.24) is 4.90 Å². The summed E-state index contributed by atoms with van der Waals surface area (Å²) in [6.45, 7) is 0.462. The molecule has 1 aromatic rings. The van der Waals surface area contributed by atoms with Crippen LogP contribution in [-0.4, -0.2) is 28.1 Å². The molecule has 1 rings (SSSR count). The molecule has 92 valence electrons. The van der Waals surface area contributed by atoms with Crippen molar-refractivity contribution < 1.29 is 9.72 Å². The van der Waals surface area contributed by atoms with Crippen LogP contribution in [0.5, 0.6) is 0 Å². The highest BCUT2D eigenvalue weighted by molar-refractivity contribution is 9.09. The van der Waals surface area contributed by atoms with Gasteiger partial charge in [-0.15, -0.1) is 0 Å². The summed E-state index contributed by atoms with van der Waals surface area (Å²) < 4.78 is 0. The highest BCUT2D eigenvalue weighted by atomic mass is 79.9. The highest BCUT2D eigenvalue weighted by Gasteiger charge is 2.09. The lowest BCUT2D eigenvalue weighted by Crippen LogP contribution is -2.26. The molecule has 0 saturated heterocycles. The van der Waals surface area contributed by atoms with Crippen LogP contribution in [0.25, 0.3) is 0 Å². The predicted octanol–water partition coefficient (Wildman–Crippen LogP) is 2.34. The van der Waals surface area contributed by atoms with E-state index >= 15 is 0 Å². The molecule has 1 aromatic carbocycles. The first kappa shape index (κ1) is 13.6. The van der Waals surface area contributed by atoms with Crippen molar-refractivity contribution in [2.24, 2.45) is 0 Å². The summed E-state index contributed by atoms with van der Waals surface area (Å²) in [6.07, 6.45) is 0.448. The zero-order valence-electron chi connectivity index (χ0n) is 9.43. The molecule has 6 heteroatoms. The van der Waals surface area contributed by atoms with Crippen LogP contribution in [0, 0.1) is 10.1 Å². The van der Waals surface area contributed by atoms with E-state index in [2.05, 4.69) is 15.9 Å². The first-order valence-electron chi connectivity index (χ1n) is 5.08. The standard InChI is InChI=1S/C11H13BrN2O3/c1-13(11(15)6-7-12)8-9-2-4-10(5-3-9)14(16)17/h2-5H,6-8H2,1H3. The molecule has 0 saturated carbocycles. The van der Waals surface area contributed by atoms with Gasteiger partial charge in [-0.25, -0.2) is 0 Å². The third-order valence-corrected chi connectivity index (χ3v) is 2.70. The number of rotatable bonds is 5. The quantitative estimate of drug-likeness (QED) is 0.476. The van der Waals surface area contributed by atoms with E-state index in [1.54, 1.807) is 24.1 Å². The molecule has 0 radical (unpaired) electrons. The first-order chi connectivity index (χ1) is 8.04. The summed E-state index contributed by atoms with van der Waals surface area (Å²) in [6, 6.07) is 6.21. The fourth-order valence-corrected chi connectivity index (χ4v) is 1.70. The van der Waals surface area contributed by atoms with Gasteiger partial charge >= 0.3 is 0 Å². The van der Waals surface area contributed by atoms with Crippen molar-refractivity contribution >= 4 is 27.5 Å². The first-order valence-corrected chi connectivity index (χ1v) is 6.20. The SMILES string of the molecule is CN(Cc1ccc([N+](=O)[O-])cc1)C(=O)CCBr. The summed E-state index contributed by atoms with van der Waals surface area (Å²) in [5.74, 6) is 0.0419. The molecule has 5 nitrogen and oxygen atoms in total. The number of amides is 1. The zero-order chi connectivity index (χ0) is 12.8. The molecule has 0 spiro atoms. The Hall–Kier alpha value is -1.43. The van der Waals surface area contributed by atoms with Crippen LogP contribution in [-0.2, 0) is 11.3 Å². The summed E-state index contributed by atoms with van der Waals surface area (Å²) in [4.78, 5) is 23.1. The van der Waals surface area contributed by atoms with Crippen LogP contribution in [0.15, 0.2) is 24.3 Å². The molecular weight excluding hydrogens is 288 g/mol. The monoisotopic (exact) mass is 300 g/mol. The smallest absolute Gasteiger partial charge is 0.269 e. The summed E-state index contributed by atoms with van der Waals surface area (Å²) in [5.41, 5.74) is 0.934. The van der Waals surface area contributed by atoms with Gasteiger partial charge in [0.15, 0.2) is 0 Å². The van der Waals surface area contributed by atoms with Gasteiger partial charge in [-0.05, 0) is 5.56 Å². The number of benzene rings is 1. The van der Waals surface area contributed by atoms with E-state index in [0.717, 1.165) is 5.56 Å². The molecule has 17 heavy (non-hydrogen) atoms. The van der Waals surface area contributed by atoms with Gasteiger partial charge in [-0.3, -0.25) is 14.9 Å². The van der Waals surface area contributed by atoms with Crippen molar-refractivity contribution in [3.8, 4) is 0 Å². The van der Waals surface area contributed by atoms with Crippen molar-refractivity contribution in [3.05, 3.63) is 39.9 Å². The minimum absolute atomic E-state index is 0.0419. The van der Waals surface area contributed by atoms with Gasteiger partial charge in [-0.2, -0.15) is 0 Å². The Kier molecular flexibility index (Phi) is 5.09. The third-order valence-electron chi connectivity index (χ3n) is 2.30. The Morgan fingerprint density at radius 3 is 2.47 bits per heavy atom. The number of halogens is 1. The molecule has 1 amide bonds. The normalized spacial score (nSPS) is 10.0. The van der Waals surface area contributed by atoms with Gasteiger partial charge in [0.2, 0.25) is 5.91 Å². The Balaban J connectivity index is 2.63. The van der Waals surface area contributed by atoms with Gasteiger partial charge in [-0.1, -0.05) is 28.1 Å². The largest absolute Gasteiger partial charge is 0.341 e. The maximum Gasteiger partial charge on any atom is 0.269 e. The lowest BCUT2D eigenvalue weighted by Gasteiger charge is -2.16. The fraction of sp³-hybridized carbons (Fsp3) is 0.364. The maximum absolute atomic E-state index is 11.5. The van der Waals surface area contributed by atoms with Gasteiger partial charge in [0.1, 0.15) is 0 Å². The lowest BCUT2D eigenvalue weighted by atomic mass is 10.2. The Bertz CT molecular complexity index is 406. The molecule has 0 fully saturated rings. The van der Waals surface area contributed by atoms with E-state index in [-0.39, 0.29) is 11.6 Å². The number of nitrogens with zero attached hydrogens (tertiary/aromatic N) is 2.